The molecule has 0 spiro atoms. The van der Waals surface area contributed by atoms with Crippen molar-refractivity contribution in [2.75, 3.05) is 11.9 Å². The molecule has 4 rings (SSSR count). The average molecular weight is 321 g/mol. The minimum atomic E-state index is -0.438. The summed E-state index contributed by atoms with van der Waals surface area (Å²) in [4.78, 5) is 38.3. The van der Waals surface area contributed by atoms with Crippen molar-refractivity contribution in [2.24, 2.45) is 23.7 Å². The van der Waals surface area contributed by atoms with Gasteiger partial charge in [-0.25, -0.2) is 0 Å². The number of anilines is 1. The van der Waals surface area contributed by atoms with Gasteiger partial charge in [0.2, 0.25) is 17.7 Å². The van der Waals surface area contributed by atoms with E-state index in [-0.39, 0.29) is 42.0 Å². The summed E-state index contributed by atoms with van der Waals surface area (Å²) in [6, 6.07) is 8.49. The maximum Gasteiger partial charge on any atom is 0.244 e. The molecule has 0 aromatic heterocycles. The predicted octanol–water partition coefficient (Wildman–Crippen LogP) is 1.30. The Labute approximate surface area is 138 Å². The fraction of sp³-hybridized carbons (Fsp3) is 0.333. The molecule has 1 saturated carbocycles. The standard InChI is InChI=1S/C18H15N3O3/c19-8-10-2-1-3-13(6-10)20-14(22)9-21-17(23)15-11-4-5-12(7-11)16(15)18(21)24/h1-6,11-12,15-16H,7,9H2,(H,20,22)/t11-,12-,15-,16-/m0/s1. The minimum Gasteiger partial charge on any atom is -0.324 e. The van der Waals surface area contributed by atoms with E-state index in [1.54, 1.807) is 24.3 Å². The number of hydrogen-bond donors (Lipinski definition) is 1. The number of fused-ring (bicyclic) bond motifs is 5. The first-order chi connectivity index (χ1) is 11.6. The monoisotopic (exact) mass is 321 g/mol. The first-order valence-electron chi connectivity index (χ1n) is 7.92. The molecule has 2 fully saturated rings. The van der Waals surface area contributed by atoms with Gasteiger partial charge in [0.25, 0.3) is 0 Å². The summed E-state index contributed by atoms with van der Waals surface area (Å²) in [5.41, 5.74) is 0.901. The number of nitrogens with zero attached hydrogens (tertiary/aromatic N) is 2. The predicted molar refractivity (Wildman–Crippen MR) is 84.2 cm³/mol. The molecule has 1 heterocycles. The fourth-order valence-corrected chi connectivity index (χ4v) is 4.13. The number of carbonyl (C=O) groups excluding carboxylic acids is 3. The van der Waals surface area contributed by atoms with Crippen molar-refractivity contribution in [3.63, 3.8) is 0 Å². The Balaban J connectivity index is 1.46. The number of benzene rings is 1. The van der Waals surface area contributed by atoms with Crippen molar-refractivity contribution in [3.05, 3.63) is 42.0 Å². The number of rotatable bonds is 3. The van der Waals surface area contributed by atoms with Gasteiger partial charge in [-0.2, -0.15) is 5.26 Å². The molecule has 0 unspecified atom stereocenters. The smallest absolute Gasteiger partial charge is 0.244 e. The van der Waals surface area contributed by atoms with Gasteiger partial charge in [0.15, 0.2) is 0 Å². The van der Waals surface area contributed by atoms with Crippen LogP contribution in [0.25, 0.3) is 0 Å². The summed E-state index contributed by atoms with van der Waals surface area (Å²) in [5.74, 6) is -1.21. The molecular formula is C18H15N3O3. The molecule has 2 bridgehead atoms. The van der Waals surface area contributed by atoms with Crippen LogP contribution in [-0.2, 0) is 14.4 Å². The average Bonchev–Trinajstić information content (AvgIpc) is 3.25. The normalized spacial score (nSPS) is 29.7. The molecule has 24 heavy (non-hydrogen) atoms. The van der Waals surface area contributed by atoms with Crippen LogP contribution >= 0.6 is 0 Å². The van der Waals surface area contributed by atoms with Crippen molar-refractivity contribution in [1.29, 1.82) is 5.26 Å². The molecule has 1 aliphatic heterocycles. The third-order valence-corrected chi connectivity index (χ3v) is 5.14. The Morgan fingerprint density at radius 2 is 1.88 bits per heavy atom. The number of allylic oxidation sites excluding steroid dienone is 2. The van der Waals surface area contributed by atoms with Crippen LogP contribution in [-0.4, -0.2) is 29.2 Å². The molecule has 1 N–H and O–H groups in total. The van der Waals surface area contributed by atoms with Gasteiger partial charge in [-0.15, -0.1) is 0 Å². The lowest BCUT2D eigenvalue weighted by Crippen LogP contribution is -2.39. The van der Waals surface area contributed by atoms with Crippen molar-refractivity contribution >= 4 is 23.4 Å². The summed E-state index contributed by atoms with van der Waals surface area (Å²) < 4.78 is 0. The molecule has 3 aliphatic rings. The van der Waals surface area contributed by atoms with Gasteiger partial charge in [-0.3, -0.25) is 19.3 Å². The number of likely N-dealkylation sites (tertiary alicyclic amines) is 1. The zero-order valence-electron chi connectivity index (χ0n) is 12.8. The number of hydrogen-bond acceptors (Lipinski definition) is 4. The molecule has 1 aromatic carbocycles. The molecule has 6 heteroatoms. The number of amides is 3. The molecule has 1 aromatic rings. The van der Waals surface area contributed by atoms with Gasteiger partial charge in [0.1, 0.15) is 6.54 Å². The Morgan fingerprint density at radius 3 is 2.50 bits per heavy atom. The summed E-state index contributed by atoms with van der Waals surface area (Å²) in [6.07, 6.45) is 4.91. The lowest BCUT2D eigenvalue weighted by Gasteiger charge is -2.16. The highest BCUT2D eigenvalue weighted by Gasteiger charge is 2.59. The first-order valence-corrected chi connectivity index (χ1v) is 7.92. The van der Waals surface area contributed by atoms with Crippen LogP contribution in [0, 0.1) is 35.0 Å². The van der Waals surface area contributed by atoms with E-state index in [0.29, 0.717) is 11.3 Å². The van der Waals surface area contributed by atoms with Gasteiger partial charge in [-0.05, 0) is 36.5 Å². The summed E-state index contributed by atoms with van der Waals surface area (Å²) in [5, 5.41) is 11.5. The van der Waals surface area contributed by atoms with E-state index < -0.39 is 5.91 Å². The number of carbonyl (C=O) groups is 3. The zero-order valence-corrected chi connectivity index (χ0v) is 12.8. The van der Waals surface area contributed by atoms with E-state index >= 15 is 0 Å². The topological polar surface area (TPSA) is 90.3 Å². The summed E-state index contributed by atoms with van der Waals surface area (Å²) in [6.45, 7) is -0.277. The quantitative estimate of drug-likeness (QED) is 0.671. The second-order valence-electron chi connectivity index (χ2n) is 6.50. The molecular weight excluding hydrogens is 306 g/mol. The number of imide groups is 1. The SMILES string of the molecule is N#Cc1cccc(NC(=O)CN2C(=O)[C@@H]3[C@@H](C2=O)[C@H]2C=C[C@H]3C2)c1. The van der Waals surface area contributed by atoms with Crippen LogP contribution in [0.2, 0.25) is 0 Å². The third-order valence-electron chi connectivity index (χ3n) is 5.14. The second kappa shape index (κ2) is 5.31. The highest BCUT2D eigenvalue weighted by molar-refractivity contribution is 6.09. The van der Waals surface area contributed by atoms with Crippen LogP contribution in [0.1, 0.15) is 12.0 Å². The van der Waals surface area contributed by atoms with Crippen LogP contribution < -0.4 is 5.32 Å². The molecule has 1 saturated heterocycles. The minimum absolute atomic E-state index is 0.136. The Kier molecular flexibility index (Phi) is 3.24. The Bertz CT molecular complexity index is 793. The maximum atomic E-state index is 12.5. The van der Waals surface area contributed by atoms with Crippen LogP contribution in [0.3, 0.4) is 0 Å². The van der Waals surface area contributed by atoms with Crippen molar-refractivity contribution in [3.8, 4) is 6.07 Å². The van der Waals surface area contributed by atoms with Crippen LogP contribution in [0.15, 0.2) is 36.4 Å². The summed E-state index contributed by atoms with van der Waals surface area (Å²) in [7, 11) is 0. The van der Waals surface area contributed by atoms with Gasteiger partial charge < -0.3 is 5.32 Å². The molecule has 2 aliphatic carbocycles. The Morgan fingerprint density at radius 1 is 1.21 bits per heavy atom. The van der Waals surface area contributed by atoms with Gasteiger partial charge in [-0.1, -0.05) is 18.2 Å². The number of nitriles is 1. The van der Waals surface area contributed by atoms with Crippen LogP contribution in [0.5, 0.6) is 0 Å². The second-order valence-corrected chi connectivity index (χ2v) is 6.50. The van der Waals surface area contributed by atoms with Gasteiger partial charge in [0, 0.05) is 5.69 Å². The third kappa shape index (κ3) is 2.13. The highest BCUT2D eigenvalue weighted by atomic mass is 16.2. The molecule has 4 atom stereocenters. The maximum absolute atomic E-state index is 12.5. The molecule has 120 valence electrons. The summed E-state index contributed by atoms with van der Waals surface area (Å²) >= 11 is 0. The number of nitrogens with one attached hydrogen (secondary N) is 1. The lowest BCUT2D eigenvalue weighted by atomic mass is 9.85. The van der Waals surface area contributed by atoms with Crippen molar-refractivity contribution < 1.29 is 14.4 Å². The van der Waals surface area contributed by atoms with E-state index in [2.05, 4.69) is 5.32 Å². The Hall–Kier alpha value is -2.94. The van der Waals surface area contributed by atoms with E-state index in [1.807, 2.05) is 18.2 Å². The zero-order chi connectivity index (χ0) is 16.8. The van der Waals surface area contributed by atoms with E-state index in [4.69, 9.17) is 5.26 Å². The highest BCUT2D eigenvalue weighted by Crippen LogP contribution is 2.52. The van der Waals surface area contributed by atoms with Crippen molar-refractivity contribution in [2.45, 2.75) is 6.42 Å². The van der Waals surface area contributed by atoms with Gasteiger partial charge in [0.05, 0.1) is 23.5 Å². The van der Waals surface area contributed by atoms with Gasteiger partial charge >= 0.3 is 0 Å². The van der Waals surface area contributed by atoms with E-state index in [9.17, 15) is 14.4 Å². The first kappa shape index (κ1) is 14.6. The molecule has 6 nitrogen and oxygen atoms in total. The molecule has 3 amide bonds. The fourth-order valence-electron chi connectivity index (χ4n) is 4.13. The molecule has 0 radical (unpaired) electrons. The van der Waals surface area contributed by atoms with E-state index in [1.165, 1.54) is 0 Å². The lowest BCUT2D eigenvalue weighted by molar-refractivity contribution is -0.143. The van der Waals surface area contributed by atoms with E-state index in [0.717, 1.165) is 11.3 Å². The van der Waals surface area contributed by atoms with Crippen LogP contribution in [0.4, 0.5) is 5.69 Å². The van der Waals surface area contributed by atoms with Crippen molar-refractivity contribution in [1.82, 2.24) is 4.90 Å². The largest absolute Gasteiger partial charge is 0.324 e.